The zero-order chi connectivity index (χ0) is 18.6. The highest BCUT2D eigenvalue weighted by atomic mass is 32.2. The Labute approximate surface area is 151 Å². The minimum atomic E-state index is -3.44. The average molecular weight is 369 g/mol. The molecule has 1 heterocycles. The molecule has 1 amide bonds. The van der Waals surface area contributed by atoms with E-state index in [4.69, 9.17) is 0 Å². The molecule has 2 rings (SSSR count). The van der Waals surface area contributed by atoms with Crippen LogP contribution >= 0.6 is 0 Å². The van der Waals surface area contributed by atoms with E-state index >= 15 is 0 Å². The Hall–Kier alpha value is -1.44. The third-order valence-corrected chi connectivity index (χ3v) is 6.80. The number of hydrogen-bond acceptors (Lipinski definition) is 3. The first-order valence-electron chi connectivity index (χ1n) is 8.90. The zero-order valence-corrected chi connectivity index (χ0v) is 16.4. The number of nitrogens with one attached hydrogen (secondary N) is 2. The summed E-state index contributed by atoms with van der Waals surface area (Å²) in [5.41, 5.74) is 1.04. The normalized spacial score (nSPS) is 18.3. The number of benzene rings is 1. The number of rotatable bonds is 6. The smallest absolute Gasteiger partial charge is 0.275 e. The highest BCUT2D eigenvalue weighted by molar-refractivity contribution is 7.89. The number of carbonyl (C=O) groups excluding carboxylic acids is 1. The van der Waals surface area contributed by atoms with E-state index in [1.54, 1.807) is 12.1 Å². The van der Waals surface area contributed by atoms with E-state index in [9.17, 15) is 13.2 Å². The van der Waals surface area contributed by atoms with Crippen LogP contribution in [0.5, 0.6) is 0 Å². The van der Waals surface area contributed by atoms with Gasteiger partial charge < -0.3 is 10.2 Å². The van der Waals surface area contributed by atoms with E-state index in [0.717, 1.165) is 10.5 Å². The molecule has 1 saturated heterocycles. The molecule has 0 aromatic heterocycles. The van der Waals surface area contributed by atoms with Gasteiger partial charge in [-0.05, 0) is 31.9 Å². The lowest BCUT2D eigenvalue weighted by Crippen LogP contribution is -3.15. The van der Waals surface area contributed by atoms with Crippen molar-refractivity contribution in [3.63, 3.8) is 0 Å². The summed E-state index contributed by atoms with van der Waals surface area (Å²) in [5, 5.41) is 3.01. The van der Waals surface area contributed by atoms with E-state index in [-0.39, 0.29) is 11.9 Å². The molecule has 140 valence electrons. The fourth-order valence-corrected chi connectivity index (χ4v) is 4.22. The first kappa shape index (κ1) is 19.9. The summed E-state index contributed by atoms with van der Waals surface area (Å²) >= 11 is 0. The van der Waals surface area contributed by atoms with Crippen LogP contribution in [-0.2, 0) is 14.8 Å². The van der Waals surface area contributed by atoms with E-state index < -0.39 is 10.0 Å². The third-order valence-electron chi connectivity index (χ3n) is 4.89. The van der Waals surface area contributed by atoms with Crippen LogP contribution in [0, 0.1) is 12.8 Å². The Morgan fingerprint density at radius 3 is 2.24 bits per heavy atom. The van der Waals surface area contributed by atoms with Crippen molar-refractivity contribution in [1.29, 1.82) is 0 Å². The number of hydrogen-bond donors (Lipinski definition) is 2. The van der Waals surface area contributed by atoms with Gasteiger partial charge in [-0.2, -0.15) is 4.31 Å². The third kappa shape index (κ3) is 5.26. The van der Waals surface area contributed by atoms with Gasteiger partial charge in [-0.3, -0.25) is 4.79 Å². The van der Waals surface area contributed by atoms with Gasteiger partial charge in [0.2, 0.25) is 10.0 Å². The molecule has 1 aromatic rings. The first-order chi connectivity index (χ1) is 11.7. The molecule has 1 aliphatic heterocycles. The van der Waals surface area contributed by atoms with Gasteiger partial charge in [-0.1, -0.05) is 31.5 Å². The second-order valence-electron chi connectivity index (χ2n) is 7.24. The Morgan fingerprint density at radius 1 is 1.16 bits per heavy atom. The molecule has 1 aliphatic rings. The maximum absolute atomic E-state index is 12.7. The highest BCUT2D eigenvalue weighted by Gasteiger charge is 2.31. The van der Waals surface area contributed by atoms with Crippen LogP contribution < -0.4 is 10.2 Å². The zero-order valence-electron chi connectivity index (χ0n) is 15.6. The van der Waals surface area contributed by atoms with Crippen molar-refractivity contribution in [2.45, 2.75) is 38.6 Å². The van der Waals surface area contributed by atoms with E-state index in [1.165, 1.54) is 4.31 Å². The molecule has 1 atom stereocenters. The lowest BCUT2D eigenvalue weighted by molar-refractivity contribution is -0.895. The molecule has 0 unspecified atom stereocenters. The summed E-state index contributed by atoms with van der Waals surface area (Å²) in [6.45, 7) is 10.7. The van der Waals surface area contributed by atoms with Crippen molar-refractivity contribution >= 4 is 15.9 Å². The van der Waals surface area contributed by atoms with Crippen LogP contribution in [0.25, 0.3) is 0 Å². The minimum Gasteiger partial charge on any atom is -0.348 e. The number of nitrogens with zero attached hydrogens (tertiary/aromatic N) is 1. The van der Waals surface area contributed by atoms with Crippen molar-refractivity contribution in [1.82, 2.24) is 9.62 Å². The fraction of sp³-hybridized carbons (Fsp3) is 0.611. The van der Waals surface area contributed by atoms with E-state index in [0.29, 0.717) is 43.5 Å². The molecule has 0 bridgehead atoms. The Balaban J connectivity index is 1.89. The molecule has 6 nitrogen and oxygen atoms in total. The lowest BCUT2D eigenvalue weighted by Gasteiger charge is -2.31. The molecule has 2 N–H and O–H groups in total. The summed E-state index contributed by atoms with van der Waals surface area (Å²) in [5.74, 6) is 0.432. The van der Waals surface area contributed by atoms with Crippen molar-refractivity contribution in [3.05, 3.63) is 29.8 Å². The molecule has 0 saturated carbocycles. The highest BCUT2D eigenvalue weighted by Crippen LogP contribution is 2.16. The van der Waals surface area contributed by atoms with Crippen molar-refractivity contribution in [3.8, 4) is 0 Å². The number of sulfonamides is 1. The van der Waals surface area contributed by atoms with Crippen LogP contribution in [0.3, 0.4) is 0 Å². The maximum atomic E-state index is 12.7. The van der Waals surface area contributed by atoms with Crippen LogP contribution in [0.4, 0.5) is 0 Å². The standard InChI is InChI=1S/C18H29N3O3S/c1-14(2)16(4)19-18(22)13-20-9-11-21(12-10-20)25(23,24)17-7-5-15(3)6-8-17/h5-8,14,16H,9-13H2,1-4H3,(H,19,22)/p+1/t16-/m0/s1. The Morgan fingerprint density at radius 2 is 1.72 bits per heavy atom. The van der Waals surface area contributed by atoms with Crippen LogP contribution in [0.2, 0.25) is 0 Å². The second-order valence-corrected chi connectivity index (χ2v) is 9.18. The van der Waals surface area contributed by atoms with Crippen molar-refractivity contribution < 1.29 is 18.1 Å². The maximum Gasteiger partial charge on any atom is 0.275 e. The predicted molar refractivity (Wildman–Crippen MR) is 97.9 cm³/mol. The molecular weight excluding hydrogens is 338 g/mol. The average Bonchev–Trinajstić information content (AvgIpc) is 2.55. The van der Waals surface area contributed by atoms with Crippen LogP contribution in [0.1, 0.15) is 26.3 Å². The molecule has 0 aliphatic carbocycles. The molecule has 1 aromatic carbocycles. The second kappa shape index (κ2) is 8.29. The quantitative estimate of drug-likeness (QED) is 0.745. The summed E-state index contributed by atoms with van der Waals surface area (Å²) in [6, 6.07) is 7.09. The molecule has 7 heteroatoms. The molecular formula is C18H30N3O3S+. The van der Waals surface area contributed by atoms with Crippen molar-refractivity contribution in [2.24, 2.45) is 5.92 Å². The lowest BCUT2D eigenvalue weighted by atomic mass is 10.1. The van der Waals surface area contributed by atoms with Gasteiger partial charge >= 0.3 is 0 Å². The number of aryl methyl sites for hydroxylation is 1. The van der Waals surface area contributed by atoms with Gasteiger partial charge in [0.15, 0.2) is 6.54 Å². The van der Waals surface area contributed by atoms with Gasteiger partial charge in [0.05, 0.1) is 31.1 Å². The fourth-order valence-electron chi connectivity index (χ4n) is 2.78. The molecule has 0 spiro atoms. The summed E-state index contributed by atoms with van der Waals surface area (Å²) in [7, 11) is -3.44. The predicted octanol–water partition coefficient (Wildman–Crippen LogP) is 0.0449. The van der Waals surface area contributed by atoms with Gasteiger partial charge in [0.1, 0.15) is 0 Å². The summed E-state index contributed by atoms with van der Waals surface area (Å²) in [6.07, 6.45) is 0. The van der Waals surface area contributed by atoms with Gasteiger partial charge in [-0.25, -0.2) is 8.42 Å². The summed E-state index contributed by atoms with van der Waals surface area (Å²) < 4.78 is 26.9. The summed E-state index contributed by atoms with van der Waals surface area (Å²) in [4.78, 5) is 13.6. The monoisotopic (exact) mass is 368 g/mol. The number of amides is 1. The van der Waals surface area contributed by atoms with E-state index in [1.807, 2.05) is 26.0 Å². The van der Waals surface area contributed by atoms with Crippen LogP contribution in [-0.4, -0.2) is 57.4 Å². The van der Waals surface area contributed by atoms with Gasteiger partial charge in [0.25, 0.3) is 5.91 Å². The van der Waals surface area contributed by atoms with Crippen LogP contribution in [0.15, 0.2) is 29.2 Å². The Bertz CT molecular complexity index is 678. The van der Waals surface area contributed by atoms with Crippen molar-refractivity contribution in [2.75, 3.05) is 32.7 Å². The van der Waals surface area contributed by atoms with Gasteiger partial charge in [0, 0.05) is 6.04 Å². The first-order valence-corrected chi connectivity index (χ1v) is 10.3. The number of piperazine rings is 1. The van der Waals surface area contributed by atoms with Gasteiger partial charge in [-0.15, -0.1) is 0 Å². The minimum absolute atomic E-state index is 0.0334. The molecule has 25 heavy (non-hydrogen) atoms. The topological polar surface area (TPSA) is 70.9 Å². The number of carbonyl (C=O) groups is 1. The largest absolute Gasteiger partial charge is 0.348 e. The Kier molecular flexibility index (Phi) is 6.59. The van der Waals surface area contributed by atoms with E-state index in [2.05, 4.69) is 19.2 Å². The SMILES string of the molecule is Cc1ccc(S(=O)(=O)N2CC[NH+](CC(=O)N[C@@H](C)C(C)C)CC2)cc1. The molecule has 1 fully saturated rings. The molecule has 0 radical (unpaired) electrons. The number of quaternary nitrogens is 1.